The number of nitrogens with two attached hydrogens (primary N) is 2. The van der Waals surface area contributed by atoms with Gasteiger partial charge in [-0.3, -0.25) is 28.5 Å². The zero-order valence-corrected chi connectivity index (χ0v) is 23.1. The van der Waals surface area contributed by atoms with E-state index in [0.29, 0.717) is 36.7 Å². The third-order valence-electron chi connectivity index (χ3n) is 6.56. The van der Waals surface area contributed by atoms with Gasteiger partial charge in [0.05, 0.1) is 6.17 Å². The van der Waals surface area contributed by atoms with E-state index in [4.69, 9.17) is 21.3 Å². The first-order chi connectivity index (χ1) is 18.7. The molecule has 1 aromatic heterocycles. The zero-order chi connectivity index (χ0) is 29.8. The Balaban J connectivity index is 1.75. The highest BCUT2D eigenvalue weighted by Crippen LogP contribution is 2.39. The summed E-state index contributed by atoms with van der Waals surface area (Å²) >= 11 is 0. The number of benzene rings is 1. The monoisotopic (exact) mass is 578 g/mol. The van der Waals surface area contributed by atoms with E-state index >= 15 is 0 Å². The van der Waals surface area contributed by atoms with Gasteiger partial charge in [0.15, 0.2) is 0 Å². The van der Waals surface area contributed by atoms with Crippen molar-refractivity contribution in [3.05, 3.63) is 35.5 Å². The van der Waals surface area contributed by atoms with Crippen molar-refractivity contribution in [2.45, 2.75) is 64.2 Å². The molecule has 0 unspecified atom stereocenters. The first kappa shape index (κ1) is 31.0. The Hall–Kier alpha value is -3.58. The minimum absolute atomic E-state index is 0.00625. The smallest absolute Gasteiger partial charge is 0.370 e. The number of nitrogens with zero attached hydrogens (tertiary/aromatic N) is 1. The van der Waals surface area contributed by atoms with Crippen LogP contribution in [-0.2, 0) is 18.9 Å². The Morgan fingerprint density at radius 2 is 1.85 bits per heavy atom. The summed E-state index contributed by atoms with van der Waals surface area (Å²) in [6, 6.07) is 3.62. The number of primary amides is 1. The van der Waals surface area contributed by atoms with Crippen molar-refractivity contribution in [3.63, 3.8) is 0 Å². The molecule has 1 aliphatic heterocycles. The van der Waals surface area contributed by atoms with Gasteiger partial charge >= 0.3 is 7.60 Å². The maximum absolute atomic E-state index is 13.6. The predicted octanol–water partition coefficient (Wildman–Crippen LogP) is 0.288. The number of aromatic nitrogens is 1. The normalized spacial score (nSPS) is 17.1. The molecule has 0 saturated carbocycles. The fourth-order valence-electron chi connectivity index (χ4n) is 4.64. The molecule has 3 atom stereocenters. The lowest BCUT2D eigenvalue weighted by Crippen LogP contribution is -2.55. The Morgan fingerprint density at radius 3 is 2.48 bits per heavy atom. The second-order valence-corrected chi connectivity index (χ2v) is 11.8. The summed E-state index contributed by atoms with van der Waals surface area (Å²) in [6.45, 7) is 4.10. The fraction of sp³-hybridized carbons (Fsp3) is 0.480. The van der Waals surface area contributed by atoms with Gasteiger partial charge in [-0.1, -0.05) is 13.8 Å². The number of hydrogen-bond donors (Lipinski definition) is 7. The molecule has 1 aliphatic rings. The van der Waals surface area contributed by atoms with Crippen LogP contribution in [0.15, 0.2) is 24.3 Å². The number of likely N-dealkylation sites (tertiary alicyclic amines) is 1. The lowest BCUT2D eigenvalue weighted by atomic mass is 10.0. The first-order valence-corrected chi connectivity index (χ1v) is 14.5. The van der Waals surface area contributed by atoms with E-state index in [-0.39, 0.29) is 30.0 Å². The number of aromatic amines is 1. The van der Waals surface area contributed by atoms with Gasteiger partial charge in [-0.2, -0.15) is 0 Å². The third kappa shape index (κ3) is 7.75. The molecule has 0 bridgehead atoms. The van der Waals surface area contributed by atoms with Gasteiger partial charge in [-0.15, -0.1) is 0 Å². The van der Waals surface area contributed by atoms with Gasteiger partial charge in [0.1, 0.15) is 17.8 Å². The highest BCUT2D eigenvalue weighted by atomic mass is 31.2. The first-order valence-electron chi connectivity index (χ1n) is 12.9. The highest BCUT2D eigenvalue weighted by molar-refractivity contribution is 7.70. The molecule has 1 fully saturated rings. The van der Waals surface area contributed by atoms with E-state index in [9.17, 15) is 28.5 Å². The van der Waals surface area contributed by atoms with Gasteiger partial charge in [0, 0.05) is 29.4 Å². The Morgan fingerprint density at radius 1 is 1.15 bits per heavy atom. The average Bonchev–Trinajstić information content (AvgIpc) is 3.52. The van der Waals surface area contributed by atoms with Crippen LogP contribution in [-0.4, -0.2) is 73.6 Å². The van der Waals surface area contributed by atoms with Gasteiger partial charge in [0.2, 0.25) is 17.7 Å². The fourth-order valence-corrected chi connectivity index (χ4v) is 5.11. The highest BCUT2D eigenvalue weighted by Gasteiger charge is 2.38. The van der Waals surface area contributed by atoms with E-state index in [0.717, 1.165) is 0 Å². The van der Waals surface area contributed by atoms with E-state index < -0.39 is 55.0 Å². The molecule has 14 nitrogen and oxygen atoms in total. The van der Waals surface area contributed by atoms with Crippen molar-refractivity contribution in [3.8, 4) is 0 Å². The van der Waals surface area contributed by atoms with Crippen molar-refractivity contribution in [2.75, 3.05) is 6.54 Å². The maximum atomic E-state index is 13.6. The molecule has 1 saturated heterocycles. The van der Waals surface area contributed by atoms with Crippen LogP contribution in [0.25, 0.3) is 10.9 Å². The molecular weight excluding hydrogens is 543 g/mol. The summed E-state index contributed by atoms with van der Waals surface area (Å²) in [4.78, 5) is 85.2. The number of rotatable bonds is 12. The molecule has 40 heavy (non-hydrogen) atoms. The quantitative estimate of drug-likeness (QED) is 0.135. The van der Waals surface area contributed by atoms with Gasteiger partial charge in [-0.25, -0.2) is 0 Å². The van der Waals surface area contributed by atoms with Gasteiger partial charge < -0.3 is 41.8 Å². The molecule has 2 heterocycles. The van der Waals surface area contributed by atoms with Crippen LogP contribution < -0.4 is 22.1 Å². The molecule has 218 valence electrons. The van der Waals surface area contributed by atoms with Crippen LogP contribution in [0.3, 0.4) is 0 Å². The molecule has 3 rings (SSSR count). The number of amides is 4. The second-order valence-electron chi connectivity index (χ2n) is 10.3. The zero-order valence-electron chi connectivity index (χ0n) is 22.3. The second kappa shape index (κ2) is 12.7. The lowest BCUT2D eigenvalue weighted by molar-refractivity contribution is -0.140. The van der Waals surface area contributed by atoms with Crippen LogP contribution in [0.2, 0.25) is 0 Å². The molecule has 2 aromatic rings. The van der Waals surface area contributed by atoms with Crippen molar-refractivity contribution in [1.29, 1.82) is 0 Å². The van der Waals surface area contributed by atoms with Crippen molar-refractivity contribution >= 4 is 47.7 Å². The van der Waals surface area contributed by atoms with Crippen LogP contribution in [0.1, 0.15) is 66.8 Å². The SMILES string of the molecule is CC(C)C[C@H](NC(=O)c1cc2cc(C(=O)P(=O)(O)O)ccc2[nH]1)C(=O)N1CCC[C@H]1C(=O)N[C@H](N)CCC(N)=O. The van der Waals surface area contributed by atoms with Crippen LogP contribution in [0.4, 0.5) is 0 Å². The topological polar surface area (TPSA) is 238 Å². The molecule has 0 aliphatic carbocycles. The summed E-state index contributed by atoms with van der Waals surface area (Å²) in [6.07, 6.45) is 0.664. The standard InChI is InChI=1S/C25H35N6O8P/c1-13(2)10-18(24(35)31-9-3-4-19(31)23(34)30-20(26)7-8-21(27)32)29-22(33)17-12-15-11-14(5-6-16(15)28-17)25(36)40(37,38)39/h5-6,11-13,18-20,28H,3-4,7-10,26H2,1-2H3,(H2,27,32)(H,29,33)(H,30,34)(H2,37,38,39)/t18-,19-,20-/m0/s1. The van der Waals surface area contributed by atoms with E-state index in [1.807, 2.05) is 13.8 Å². The summed E-state index contributed by atoms with van der Waals surface area (Å²) in [7, 11) is -4.98. The lowest BCUT2D eigenvalue weighted by Gasteiger charge is -2.30. The summed E-state index contributed by atoms with van der Waals surface area (Å²) in [5.74, 6) is -1.99. The van der Waals surface area contributed by atoms with E-state index in [1.165, 1.54) is 29.2 Å². The summed E-state index contributed by atoms with van der Waals surface area (Å²) in [5.41, 5.74) is 10.0. The molecule has 9 N–H and O–H groups in total. The average molecular weight is 579 g/mol. The minimum Gasteiger partial charge on any atom is -0.370 e. The number of carbonyl (C=O) groups is 5. The molecule has 0 spiro atoms. The number of carbonyl (C=O) groups excluding carboxylic acids is 5. The van der Waals surface area contributed by atoms with Crippen LogP contribution in [0, 0.1) is 5.92 Å². The molecule has 15 heteroatoms. The van der Waals surface area contributed by atoms with Gasteiger partial charge in [-0.05, 0) is 55.9 Å². The number of hydrogen-bond acceptors (Lipinski definition) is 7. The van der Waals surface area contributed by atoms with Crippen LogP contribution in [0.5, 0.6) is 0 Å². The van der Waals surface area contributed by atoms with Gasteiger partial charge in [0.25, 0.3) is 11.4 Å². The van der Waals surface area contributed by atoms with Crippen molar-refractivity contribution in [2.24, 2.45) is 17.4 Å². The summed E-state index contributed by atoms with van der Waals surface area (Å²) in [5, 5.41) is 5.73. The van der Waals surface area contributed by atoms with Crippen molar-refractivity contribution in [1.82, 2.24) is 20.5 Å². The Bertz CT molecular complexity index is 1350. The molecule has 1 aromatic carbocycles. The Labute approximate surface area is 230 Å². The predicted molar refractivity (Wildman–Crippen MR) is 145 cm³/mol. The van der Waals surface area contributed by atoms with Crippen LogP contribution >= 0.6 is 7.60 Å². The molecule has 0 radical (unpaired) electrons. The van der Waals surface area contributed by atoms with E-state index in [2.05, 4.69) is 15.6 Å². The largest absolute Gasteiger partial charge is 0.396 e. The molecule has 4 amide bonds. The number of nitrogens with one attached hydrogen (secondary N) is 3. The van der Waals surface area contributed by atoms with E-state index in [1.54, 1.807) is 0 Å². The maximum Gasteiger partial charge on any atom is 0.396 e. The van der Waals surface area contributed by atoms with Crippen molar-refractivity contribution < 1.29 is 38.3 Å². The summed E-state index contributed by atoms with van der Waals surface area (Å²) < 4.78 is 11.3. The Kier molecular flexibility index (Phi) is 9.85. The molecular formula is C25H35N6O8P. The minimum atomic E-state index is -4.98. The number of fused-ring (bicyclic) bond motifs is 1. The third-order valence-corrected chi connectivity index (χ3v) is 7.34. The number of H-pyrrole nitrogens is 1.